The Morgan fingerprint density at radius 3 is 2.70 bits per heavy atom. The standard InChI is InChI=1S/C15H16O5/c1-15(2)19-12-8-11(18-14(12)20-15)9-17-13(16)10-6-4-3-5-7-10/h3-8,12,14H,9H2,1-2H3/t12-,14-/m1/s1. The molecule has 0 saturated carbocycles. The quantitative estimate of drug-likeness (QED) is 0.792. The fourth-order valence-corrected chi connectivity index (χ4v) is 2.21. The maximum absolute atomic E-state index is 11.8. The van der Waals surface area contributed by atoms with Crippen LogP contribution in [-0.4, -0.2) is 30.8 Å². The molecule has 2 heterocycles. The third-order valence-corrected chi connectivity index (χ3v) is 3.06. The largest absolute Gasteiger partial charge is 0.463 e. The van der Waals surface area contributed by atoms with Crippen LogP contribution in [0.15, 0.2) is 42.2 Å². The summed E-state index contributed by atoms with van der Waals surface area (Å²) in [6.45, 7) is 3.74. The molecule has 1 aromatic rings. The Balaban J connectivity index is 1.55. The van der Waals surface area contributed by atoms with Crippen LogP contribution in [-0.2, 0) is 18.9 Å². The fraction of sp³-hybridized carbons (Fsp3) is 0.400. The van der Waals surface area contributed by atoms with Gasteiger partial charge in [-0.1, -0.05) is 18.2 Å². The van der Waals surface area contributed by atoms with E-state index in [1.807, 2.05) is 19.9 Å². The summed E-state index contributed by atoms with van der Waals surface area (Å²) in [6, 6.07) is 8.83. The van der Waals surface area contributed by atoms with E-state index in [4.69, 9.17) is 18.9 Å². The van der Waals surface area contributed by atoms with Crippen molar-refractivity contribution < 1.29 is 23.7 Å². The normalized spacial score (nSPS) is 26.6. The van der Waals surface area contributed by atoms with Gasteiger partial charge in [-0.05, 0) is 32.1 Å². The van der Waals surface area contributed by atoms with Crippen LogP contribution in [0.25, 0.3) is 0 Å². The van der Waals surface area contributed by atoms with E-state index in [-0.39, 0.29) is 18.7 Å². The molecule has 1 fully saturated rings. The van der Waals surface area contributed by atoms with Gasteiger partial charge in [0.2, 0.25) is 6.29 Å². The van der Waals surface area contributed by atoms with Gasteiger partial charge in [0, 0.05) is 0 Å². The summed E-state index contributed by atoms with van der Waals surface area (Å²) in [5.74, 6) is -0.466. The van der Waals surface area contributed by atoms with Crippen molar-refractivity contribution in [3.63, 3.8) is 0 Å². The molecule has 0 amide bonds. The summed E-state index contributed by atoms with van der Waals surface area (Å²) in [4.78, 5) is 11.8. The number of hydrogen-bond acceptors (Lipinski definition) is 5. The first-order valence-corrected chi connectivity index (χ1v) is 6.49. The lowest BCUT2D eigenvalue weighted by Crippen LogP contribution is -2.22. The van der Waals surface area contributed by atoms with E-state index in [0.717, 1.165) is 0 Å². The topological polar surface area (TPSA) is 54.0 Å². The van der Waals surface area contributed by atoms with Crippen LogP contribution < -0.4 is 0 Å². The van der Waals surface area contributed by atoms with Crippen LogP contribution >= 0.6 is 0 Å². The number of benzene rings is 1. The van der Waals surface area contributed by atoms with Crippen molar-refractivity contribution in [2.75, 3.05) is 6.61 Å². The average molecular weight is 276 g/mol. The zero-order valence-corrected chi connectivity index (χ0v) is 11.4. The molecule has 1 saturated heterocycles. The molecule has 5 heteroatoms. The third-order valence-electron chi connectivity index (χ3n) is 3.06. The van der Waals surface area contributed by atoms with Crippen molar-refractivity contribution in [3.8, 4) is 0 Å². The lowest BCUT2D eigenvalue weighted by atomic mass is 10.2. The van der Waals surface area contributed by atoms with Crippen LogP contribution in [0.1, 0.15) is 24.2 Å². The number of carbonyl (C=O) groups is 1. The molecule has 2 atom stereocenters. The number of hydrogen-bond donors (Lipinski definition) is 0. The van der Waals surface area contributed by atoms with Gasteiger partial charge in [-0.3, -0.25) is 0 Å². The van der Waals surface area contributed by atoms with Gasteiger partial charge < -0.3 is 18.9 Å². The molecule has 20 heavy (non-hydrogen) atoms. The fourth-order valence-electron chi connectivity index (χ4n) is 2.21. The first-order valence-electron chi connectivity index (χ1n) is 6.49. The predicted molar refractivity (Wildman–Crippen MR) is 69.7 cm³/mol. The molecule has 0 N–H and O–H groups in total. The lowest BCUT2D eigenvalue weighted by Gasteiger charge is -2.18. The molecule has 3 rings (SSSR count). The van der Waals surface area contributed by atoms with E-state index in [9.17, 15) is 4.79 Å². The van der Waals surface area contributed by atoms with Crippen LogP contribution in [0.3, 0.4) is 0 Å². The van der Waals surface area contributed by atoms with Gasteiger partial charge in [-0.15, -0.1) is 0 Å². The summed E-state index contributed by atoms with van der Waals surface area (Å²) >= 11 is 0. The van der Waals surface area contributed by atoms with Crippen LogP contribution in [0.4, 0.5) is 0 Å². The second kappa shape index (κ2) is 4.92. The second-order valence-corrected chi connectivity index (χ2v) is 5.16. The van der Waals surface area contributed by atoms with Crippen LogP contribution in [0.5, 0.6) is 0 Å². The summed E-state index contributed by atoms with van der Waals surface area (Å²) in [5.41, 5.74) is 0.514. The van der Waals surface area contributed by atoms with Crippen molar-refractivity contribution in [1.29, 1.82) is 0 Å². The molecule has 0 bridgehead atoms. The second-order valence-electron chi connectivity index (χ2n) is 5.16. The highest BCUT2D eigenvalue weighted by molar-refractivity contribution is 5.89. The van der Waals surface area contributed by atoms with Crippen molar-refractivity contribution in [2.24, 2.45) is 0 Å². The highest BCUT2D eigenvalue weighted by Crippen LogP contribution is 2.35. The van der Waals surface area contributed by atoms with Gasteiger partial charge >= 0.3 is 5.97 Å². The van der Waals surface area contributed by atoms with E-state index < -0.39 is 12.1 Å². The monoisotopic (exact) mass is 276 g/mol. The number of rotatable bonds is 3. The smallest absolute Gasteiger partial charge is 0.338 e. The molecular formula is C15H16O5. The van der Waals surface area contributed by atoms with Crippen LogP contribution in [0, 0.1) is 0 Å². The van der Waals surface area contributed by atoms with E-state index in [0.29, 0.717) is 11.3 Å². The summed E-state index contributed by atoms with van der Waals surface area (Å²) in [7, 11) is 0. The maximum Gasteiger partial charge on any atom is 0.338 e. The van der Waals surface area contributed by atoms with Gasteiger partial charge in [-0.25, -0.2) is 4.79 Å². The van der Waals surface area contributed by atoms with Gasteiger partial charge in [0.15, 0.2) is 5.79 Å². The third kappa shape index (κ3) is 2.69. The molecule has 1 aromatic carbocycles. The number of ether oxygens (including phenoxy) is 4. The van der Waals surface area contributed by atoms with Gasteiger partial charge in [0.25, 0.3) is 0 Å². The molecule has 0 radical (unpaired) electrons. The van der Waals surface area contributed by atoms with Crippen molar-refractivity contribution in [2.45, 2.75) is 32.0 Å². The molecule has 2 aliphatic rings. The summed E-state index contributed by atoms with van der Waals surface area (Å²) < 4.78 is 21.9. The summed E-state index contributed by atoms with van der Waals surface area (Å²) in [6.07, 6.45) is 1.10. The van der Waals surface area contributed by atoms with E-state index in [1.165, 1.54) is 0 Å². The molecule has 0 unspecified atom stereocenters. The predicted octanol–water partition coefficient (Wildman–Crippen LogP) is 2.24. The van der Waals surface area contributed by atoms with E-state index in [1.54, 1.807) is 30.3 Å². The number of fused-ring (bicyclic) bond motifs is 1. The molecule has 0 aromatic heterocycles. The van der Waals surface area contributed by atoms with Crippen molar-refractivity contribution in [3.05, 3.63) is 47.7 Å². The highest BCUT2D eigenvalue weighted by atomic mass is 16.8. The zero-order valence-electron chi connectivity index (χ0n) is 11.4. The Bertz CT molecular complexity index is 534. The molecule has 0 aliphatic carbocycles. The molecule has 0 spiro atoms. The van der Waals surface area contributed by atoms with E-state index in [2.05, 4.69) is 0 Å². The minimum Gasteiger partial charge on any atom is -0.463 e. The Morgan fingerprint density at radius 1 is 1.25 bits per heavy atom. The van der Waals surface area contributed by atoms with Crippen molar-refractivity contribution in [1.82, 2.24) is 0 Å². The minimum absolute atomic E-state index is 0.0773. The van der Waals surface area contributed by atoms with Gasteiger partial charge in [-0.2, -0.15) is 0 Å². The molecular weight excluding hydrogens is 260 g/mol. The molecule has 5 nitrogen and oxygen atoms in total. The van der Waals surface area contributed by atoms with Gasteiger partial charge in [0.1, 0.15) is 18.5 Å². The molecule has 106 valence electrons. The Kier molecular flexibility index (Phi) is 3.23. The molecule has 2 aliphatic heterocycles. The Labute approximate surface area is 117 Å². The highest BCUT2D eigenvalue weighted by Gasteiger charge is 2.45. The van der Waals surface area contributed by atoms with Gasteiger partial charge in [0.05, 0.1) is 5.56 Å². The average Bonchev–Trinajstić information content (AvgIpc) is 2.90. The number of esters is 1. The lowest BCUT2D eigenvalue weighted by molar-refractivity contribution is -0.182. The van der Waals surface area contributed by atoms with E-state index >= 15 is 0 Å². The van der Waals surface area contributed by atoms with Crippen LogP contribution in [0.2, 0.25) is 0 Å². The first kappa shape index (κ1) is 13.1. The maximum atomic E-state index is 11.8. The van der Waals surface area contributed by atoms with Crippen molar-refractivity contribution >= 4 is 5.97 Å². The number of carbonyl (C=O) groups excluding carboxylic acids is 1. The summed E-state index contributed by atoms with van der Waals surface area (Å²) in [5, 5.41) is 0. The Hall–Kier alpha value is -1.85. The first-order chi connectivity index (χ1) is 9.53. The zero-order chi connectivity index (χ0) is 14.2. The SMILES string of the molecule is CC1(C)O[C@H]2OC(COC(=O)c3ccccc3)=C[C@H]2O1. The minimum atomic E-state index is -0.641. The Morgan fingerprint density at radius 2 is 2.00 bits per heavy atom.